The molecule has 1 aromatic carbocycles. The average molecular weight is 340 g/mol. The molecule has 1 aliphatic rings. The van der Waals surface area contributed by atoms with E-state index in [1.165, 1.54) is 0 Å². The number of hydrogen-bond donors (Lipinski definition) is 2. The standard InChI is InChI=1S/C14H11Cl2N3O3/c15-9-5-8(1-2-17)6-10(16)13(9)18-11-7-12(21)19(3-4-20)14(11)22/h5-7,18,20H,1,3-4H2. The first-order valence-electron chi connectivity index (χ1n) is 6.28. The third-order valence-electron chi connectivity index (χ3n) is 2.98. The van der Waals surface area contributed by atoms with Crippen LogP contribution in [0, 0.1) is 11.3 Å². The fourth-order valence-corrected chi connectivity index (χ4v) is 2.61. The monoisotopic (exact) mass is 339 g/mol. The number of halogens is 2. The molecule has 0 atom stereocenters. The summed E-state index contributed by atoms with van der Waals surface area (Å²) in [5.41, 5.74) is 0.950. The van der Waals surface area contributed by atoms with Gasteiger partial charge in [-0.2, -0.15) is 5.26 Å². The van der Waals surface area contributed by atoms with Gasteiger partial charge in [-0.05, 0) is 17.7 Å². The predicted octanol–water partition coefficient (Wildman–Crippen LogP) is 1.72. The molecule has 0 saturated heterocycles. The molecule has 0 unspecified atom stereocenters. The Balaban J connectivity index is 2.25. The molecule has 0 bridgehead atoms. The molecule has 1 aliphatic heterocycles. The van der Waals surface area contributed by atoms with Gasteiger partial charge in [0.2, 0.25) is 0 Å². The highest BCUT2D eigenvalue weighted by Crippen LogP contribution is 2.33. The number of anilines is 1. The van der Waals surface area contributed by atoms with E-state index in [1.807, 2.05) is 6.07 Å². The number of carbonyl (C=O) groups is 2. The first kappa shape index (κ1) is 16.3. The van der Waals surface area contributed by atoms with Crippen molar-refractivity contribution in [2.24, 2.45) is 0 Å². The van der Waals surface area contributed by atoms with Crippen molar-refractivity contribution < 1.29 is 14.7 Å². The number of hydrogen-bond acceptors (Lipinski definition) is 5. The van der Waals surface area contributed by atoms with Gasteiger partial charge < -0.3 is 10.4 Å². The molecule has 0 aromatic heterocycles. The van der Waals surface area contributed by atoms with Crippen LogP contribution >= 0.6 is 23.2 Å². The van der Waals surface area contributed by atoms with Gasteiger partial charge in [0.15, 0.2) is 0 Å². The fourth-order valence-electron chi connectivity index (χ4n) is 1.98. The molecule has 1 heterocycles. The maximum atomic E-state index is 12.0. The van der Waals surface area contributed by atoms with E-state index in [9.17, 15) is 9.59 Å². The second-order valence-corrected chi connectivity index (χ2v) is 5.29. The number of nitrogens with zero attached hydrogens (tertiary/aromatic N) is 2. The molecule has 2 amide bonds. The van der Waals surface area contributed by atoms with Crippen molar-refractivity contribution in [2.45, 2.75) is 6.42 Å². The van der Waals surface area contributed by atoms with Gasteiger partial charge in [0.05, 0.1) is 41.4 Å². The quantitative estimate of drug-likeness (QED) is 0.796. The molecule has 6 nitrogen and oxygen atoms in total. The van der Waals surface area contributed by atoms with Crippen molar-refractivity contribution in [3.63, 3.8) is 0 Å². The van der Waals surface area contributed by atoms with Gasteiger partial charge >= 0.3 is 0 Å². The highest BCUT2D eigenvalue weighted by Gasteiger charge is 2.31. The number of aliphatic hydroxyl groups is 1. The average Bonchev–Trinajstić information content (AvgIpc) is 2.71. The molecule has 1 aromatic rings. The number of benzene rings is 1. The van der Waals surface area contributed by atoms with Crippen LogP contribution in [0.15, 0.2) is 23.9 Å². The largest absolute Gasteiger partial charge is 0.395 e. The van der Waals surface area contributed by atoms with Crippen LogP contribution in [0.1, 0.15) is 5.56 Å². The first-order valence-corrected chi connectivity index (χ1v) is 7.03. The summed E-state index contributed by atoms with van der Waals surface area (Å²) in [6.07, 6.45) is 1.28. The summed E-state index contributed by atoms with van der Waals surface area (Å²) in [5, 5.41) is 20.7. The number of rotatable bonds is 5. The zero-order chi connectivity index (χ0) is 16.3. The predicted molar refractivity (Wildman–Crippen MR) is 81.3 cm³/mol. The van der Waals surface area contributed by atoms with Crippen molar-refractivity contribution in [3.8, 4) is 6.07 Å². The highest BCUT2D eigenvalue weighted by atomic mass is 35.5. The molecule has 22 heavy (non-hydrogen) atoms. The lowest BCUT2D eigenvalue weighted by Gasteiger charge is -2.15. The smallest absolute Gasteiger partial charge is 0.277 e. The van der Waals surface area contributed by atoms with E-state index in [1.54, 1.807) is 12.1 Å². The van der Waals surface area contributed by atoms with Crippen molar-refractivity contribution in [1.82, 2.24) is 4.90 Å². The Hall–Kier alpha value is -2.07. The third-order valence-corrected chi connectivity index (χ3v) is 3.57. The molecular weight excluding hydrogens is 329 g/mol. The molecule has 2 rings (SSSR count). The Bertz CT molecular complexity index is 687. The second kappa shape index (κ2) is 6.79. The van der Waals surface area contributed by atoms with Crippen LogP contribution in [0.5, 0.6) is 0 Å². The molecule has 8 heteroatoms. The lowest BCUT2D eigenvalue weighted by molar-refractivity contribution is -0.137. The van der Waals surface area contributed by atoms with Crippen LogP contribution in [0.2, 0.25) is 10.0 Å². The van der Waals surface area contributed by atoms with E-state index in [0.29, 0.717) is 5.56 Å². The van der Waals surface area contributed by atoms with Crippen LogP contribution in [-0.2, 0) is 16.0 Å². The summed E-state index contributed by atoms with van der Waals surface area (Å²) in [6, 6.07) is 5.11. The Morgan fingerprint density at radius 3 is 2.45 bits per heavy atom. The first-order chi connectivity index (χ1) is 10.5. The zero-order valence-electron chi connectivity index (χ0n) is 11.3. The molecule has 114 valence electrons. The van der Waals surface area contributed by atoms with E-state index < -0.39 is 11.8 Å². The minimum Gasteiger partial charge on any atom is -0.395 e. The number of nitriles is 1. The Morgan fingerprint density at radius 1 is 1.27 bits per heavy atom. The minimum atomic E-state index is -0.563. The number of imide groups is 1. The Labute approximate surface area is 136 Å². The second-order valence-electron chi connectivity index (χ2n) is 4.47. The summed E-state index contributed by atoms with van der Waals surface area (Å²) < 4.78 is 0. The number of carbonyl (C=O) groups excluding carboxylic acids is 2. The topological polar surface area (TPSA) is 93.4 Å². The van der Waals surface area contributed by atoms with Crippen molar-refractivity contribution in [1.29, 1.82) is 5.26 Å². The molecule has 0 aliphatic carbocycles. The lowest BCUT2D eigenvalue weighted by atomic mass is 10.1. The van der Waals surface area contributed by atoms with Crippen molar-refractivity contribution in [3.05, 3.63) is 39.5 Å². The summed E-state index contributed by atoms with van der Waals surface area (Å²) >= 11 is 12.2. The van der Waals surface area contributed by atoms with Gasteiger partial charge in [-0.3, -0.25) is 14.5 Å². The van der Waals surface area contributed by atoms with Gasteiger partial charge in [-0.25, -0.2) is 0 Å². The van der Waals surface area contributed by atoms with Crippen LogP contribution < -0.4 is 5.32 Å². The van der Waals surface area contributed by atoms with Crippen LogP contribution in [0.25, 0.3) is 0 Å². The van der Waals surface area contributed by atoms with Gasteiger partial charge in [0, 0.05) is 6.08 Å². The third kappa shape index (κ3) is 3.22. The zero-order valence-corrected chi connectivity index (χ0v) is 12.8. The van der Waals surface area contributed by atoms with Crippen LogP contribution in [0.3, 0.4) is 0 Å². The molecular formula is C14H11Cl2N3O3. The van der Waals surface area contributed by atoms with Crippen molar-refractivity contribution >= 4 is 40.7 Å². The summed E-state index contributed by atoms with van der Waals surface area (Å²) in [5.74, 6) is -1.08. The number of β-amino-alcohol motifs (C(OH)–C–C–N with tert-alkyl or cyclic N) is 1. The maximum absolute atomic E-state index is 12.0. The van der Waals surface area contributed by atoms with Gasteiger partial charge in [0.1, 0.15) is 5.70 Å². The van der Waals surface area contributed by atoms with Gasteiger partial charge in [-0.1, -0.05) is 23.2 Å². The van der Waals surface area contributed by atoms with Crippen LogP contribution in [-0.4, -0.2) is 35.0 Å². The van der Waals surface area contributed by atoms with Crippen LogP contribution in [0.4, 0.5) is 5.69 Å². The Kier molecular flexibility index (Phi) is 5.03. The number of nitrogens with one attached hydrogen (secondary N) is 1. The highest BCUT2D eigenvalue weighted by molar-refractivity contribution is 6.39. The van der Waals surface area contributed by atoms with Gasteiger partial charge in [-0.15, -0.1) is 0 Å². The molecule has 0 radical (unpaired) electrons. The number of amides is 2. The van der Waals surface area contributed by atoms with E-state index in [2.05, 4.69) is 5.32 Å². The van der Waals surface area contributed by atoms with Gasteiger partial charge in [0.25, 0.3) is 11.8 Å². The summed E-state index contributed by atoms with van der Waals surface area (Å²) in [7, 11) is 0. The fraction of sp³-hybridized carbons (Fsp3) is 0.214. The van der Waals surface area contributed by atoms with Crippen molar-refractivity contribution in [2.75, 3.05) is 18.5 Å². The Morgan fingerprint density at radius 2 is 1.91 bits per heavy atom. The van der Waals surface area contributed by atoms with E-state index in [0.717, 1.165) is 11.0 Å². The number of aliphatic hydroxyl groups excluding tert-OH is 1. The molecule has 0 spiro atoms. The SMILES string of the molecule is N#CCc1cc(Cl)c(NC2=CC(=O)N(CCO)C2=O)c(Cl)c1. The summed E-state index contributed by atoms with van der Waals surface area (Å²) in [4.78, 5) is 24.6. The normalized spacial score (nSPS) is 14.1. The molecule has 0 saturated carbocycles. The van der Waals surface area contributed by atoms with E-state index in [4.69, 9.17) is 33.6 Å². The lowest BCUT2D eigenvalue weighted by Crippen LogP contribution is -2.34. The minimum absolute atomic E-state index is 0.0234. The maximum Gasteiger partial charge on any atom is 0.277 e. The van der Waals surface area contributed by atoms with E-state index in [-0.39, 0.29) is 41.0 Å². The van der Waals surface area contributed by atoms with E-state index >= 15 is 0 Å². The molecule has 0 fully saturated rings. The molecule has 2 N–H and O–H groups in total. The summed E-state index contributed by atoms with van der Waals surface area (Å²) in [6.45, 7) is -0.398.